The zero-order chi connectivity index (χ0) is 22.3. The maximum absolute atomic E-state index is 2.28. The Bertz CT molecular complexity index is 902. The third kappa shape index (κ3) is 7.17. The first-order valence-corrected chi connectivity index (χ1v) is 11.3. The standard InChI is InChI=1S/C11H14.C10H14.C9H12/c1-9-5-4-7-10-6-2-3-8-11(9)10;1-7-5-8(2)10(4)9(3)6-7;1-7-4-8(2)6-9(3)5-7/h4-5,7H,2-3,6,8H2,1H3;5-6H,1-4H3;4-6H,1-3H3. The van der Waals surface area contributed by atoms with E-state index in [2.05, 4.69) is 104 Å². The van der Waals surface area contributed by atoms with E-state index in [4.69, 9.17) is 0 Å². The van der Waals surface area contributed by atoms with Gasteiger partial charge in [-0.3, -0.25) is 0 Å². The predicted molar refractivity (Wildman–Crippen MR) is 134 cm³/mol. The molecule has 1 aliphatic carbocycles. The van der Waals surface area contributed by atoms with Crippen LogP contribution in [0.2, 0.25) is 0 Å². The smallest absolute Gasteiger partial charge is 0.0273 e. The highest BCUT2D eigenvalue weighted by atomic mass is 14.1. The second-order valence-corrected chi connectivity index (χ2v) is 9.11. The second kappa shape index (κ2) is 11.2. The van der Waals surface area contributed by atoms with Crippen LogP contribution in [-0.4, -0.2) is 0 Å². The van der Waals surface area contributed by atoms with Crippen molar-refractivity contribution in [2.24, 2.45) is 0 Å². The minimum atomic E-state index is 1.30. The lowest BCUT2D eigenvalue weighted by Gasteiger charge is -2.17. The highest BCUT2D eigenvalue weighted by Gasteiger charge is 2.09. The quantitative estimate of drug-likeness (QED) is 0.355. The first kappa shape index (κ1) is 23.9. The van der Waals surface area contributed by atoms with Crippen molar-refractivity contribution in [3.8, 4) is 0 Å². The Morgan fingerprint density at radius 3 is 1.47 bits per heavy atom. The molecule has 0 heterocycles. The van der Waals surface area contributed by atoms with E-state index >= 15 is 0 Å². The molecule has 0 unspecified atom stereocenters. The molecular formula is C30H40. The zero-order valence-electron chi connectivity index (χ0n) is 20.4. The molecule has 3 aromatic carbocycles. The molecule has 160 valence electrons. The third-order valence-electron chi connectivity index (χ3n) is 6.07. The zero-order valence-corrected chi connectivity index (χ0v) is 20.4. The van der Waals surface area contributed by atoms with E-state index in [1.54, 1.807) is 11.1 Å². The largest absolute Gasteiger partial charge is 0.0617 e. The van der Waals surface area contributed by atoms with Gasteiger partial charge in [0.2, 0.25) is 0 Å². The van der Waals surface area contributed by atoms with Crippen LogP contribution in [0.4, 0.5) is 0 Å². The molecule has 0 amide bonds. The fourth-order valence-corrected chi connectivity index (χ4v) is 4.43. The molecule has 0 bridgehead atoms. The molecule has 0 aromatic heterocycles. The van der Waals surface area contributed by atoms with Crippen LogP contribution < -0.4 is 0 Å². The van der Waals surface area contributed by atoms with Crippen molar-refractivity contribution in [2.75, 3.05) is 0 Å². The van der Waals surface area contributed by atoms with E-state index in [0.29, 0.717) is 0 Å². The fraction of sp³-hybridized carbons (Fsp3) is 0.400. The minimum absolute atomic E-state index is 1.30. The van der Waals surface area contributed by atoms with Crippen molar-refractivity contribution in [2.45, 2.75) is 81.1 Å². The number of benzene rings is 3. The Morgan fingerprint density at radius 1 is 0.500 bits per heavy atom. The molecular weight excluding hydrogens is 360 g/mol. The molecule has 0 nitrogen and oxygen atoms in total. The van der Waals surface area contributed by atoms with Gasteiger partial charge in [0.05, 0.1) is 0 Å². The molecule has 4 rings (SSSR count). The lowest BCUT2D eigenvalue weighted by atomic mass is 9.89. The van der Waals surface area contributed by atoms with E-state index < -0.39 is 0 Å². The Kier molecular flexibility index (Phi) is 8.90. The van der Waals surface area contributed by atoms with Crippen LogP contribution >= 0.6 is 0 Å². The SMILES string of the molecule is Cc1cc(C)c(C)c(C)c1.Cc1cc(C)cc(C)c1.Cc1cccc2c1CCCC2. The summed E-state index contributed by atoms with van der Waals surface area (Å²) in [5.74, 6) is 0. The van der Waals surface area contributed by atoms with E-state index in [1.807, 2.05) is 0 Å². The lowest BCUT2D eigenvalue weighted by molar-refractivity contribution is 0.682. The maximum Gasteiger partial charge on any atom is -0.0273 e. The molecule has 1 aliphatic rings. The summed E-state index contributed by atoms with van der Waals surface area (Å²) in [6.07, 6.45) is 5.38. The molecule has 0 heteroatoms. The molecule has 0 saturated carbocycles. The summed E-state index contributed by atoms with van der Waals surface area (Å²) in [7, 11) is 0. The summed E-state index contributed by atoms with van der Waals surface area (Å²) in [6, 6.07) is 17.7. The van der Waals surface area contributed by atoms with Gasteiger partial charge in [0.15, 0.2) is 0 Å². The molecule has 0 radical (unpaired) electrons. The fourth-order valence-electron chi connectivity index (χ4n) is 4.43. The summed E-state index contributed by atoms with van der Waals surface area (Å²) in [5, 5.41) is 0. The first-order chi connectivity index (χ1) is 14.2. The highest BCUT2D eigenvalue weighted by molar-refractivity contribution is 5.36. The molecule has 0 atom stereocenters. The Hall–Kier alpha value is -2.34. The van der Waals surface area contributed by atoms with E-state index in [0.717, 1.165) is 0 Å². The van der Waals surface area contributed by atoms with E-state index in [1.165, 1.54) is 70.2 Å². The van der Waals surface area contributed by atoms with Crippen LogP contribution in [0.3, 0.4) is 0 Å². The van der Waals surface area contributed by atoms with Crippen LogP contribution in [0.15, 0.2) is 48.5 Å². The average Bonchev–Trinajstić information content (AvgIpc) is 2.66. The van der Waals surface area contributed by atoms with Crippen LogP contribution in [0, 0.1) is 55.4 Å². The molecule has 3 aromatic rings. The van der Waals surface area contributed by atoms with Gasteiger partial charge < -0.3 is 0 Å². The average molecular weight is 401 g/mol. The summed E-state index contributed by atoms with van der Waals surface area (Å²) in [6.45, 7) is 17.2. The minimum Gasteiger partial charge on any atom is -0.0617 e. The summed E-state index contributed by atoms with van der Waals surface area (Å²) in [5.41, 5.74) is 14.4. The number of hydrogen-bond acceptors (Lipinski definition) is 0. The van der Waals surface area contributed by atoms with Gasteiger partial charge in [-0.05, 0) is 114 Å². The molecule has 0 aliphatic heterocycles. The van der Waals surface area contributed by atoms with E-state index in [-0.39, 0.29) is 0 Å². The topological polar surface area (TPSA) is 0 Å². The number of fused-ring (bicyclic) bond motifs is 1. The number of rotatable bonds is 0. The van der Waals surface area contributed by atoms with Crippen LogP contribution in [-0.2, 0) is 12.8 Å². The Morgan fingerprint density at radius 2 is 0.967 bits per heavy atom. The van der Waals surface area contributed by atoms with Crippen molar-refractivity contribution in [3.05, 3.63) is 104 Å². The summed E-state index contributed by atoms with van der Waals surface area (Å²) in [4.78, 5) is 0. The third-order valence-corrected chi connectivity index (χ3v) is 6.07. The molecule has 30 heavy (non-hydrogen) atoms. The molecule has 0 N–H and O–H groups in total. The predicted octanol–water partition coefficient (Wildman–Crippen LogP) is 8.41. The van der Waals surface area contributed by atoms with Crippen molar-refractivity contribution >= 4 is 0 Å². The summed E-state index contributed by atoms with van der Waals surface area (Å²) < 4.78 is 0. The number of aryl methyl sites for hydroxylation is 8. The van der Waals surface area contributed by atoms with Gasteiger partial charge in [-0.1, -0.05) is 70.8 Å². The monoisotopic (exact) mass is 400 g/mol. The normalized spacial score (nSPS) is 12.1. The molecule has 0 spiro atoms. The Labute approximate surface area is 185 Å². The summed E-state index contributed by atoms with van der Waals surface area (Å²) >= 11 is 0. The van der Waals surface area contributed by atoms with Crippen molar-refractivity contribution in [3.63, 3.8) is 0 Å². The van der Waals surface area contributed by atoms with Crippen molar-refractivity contribution in [1.29, 1.82) is 0 Å². The van der Waals surface area contributed by atoms with Gasteiger partial charge in [0.1, 0.15) is 0 Å². The van der Waals surface area contributed by atoms with Crippen molar-refractivity contribution < 1.29 is 0 Å². The van der Waals surface area contributed by atoms with Gasteiger partial charge >= 0.3 is 0 Å². The Balaban J connectivity index is 0.000000161. The van der Waals surface area contributed by atoms with Gasteiger partial charge in [0, 0.05) is 0 Å². The first-order valence-electron chi connectivity index (χ1n) is 11.3. The second-order valence-electron chi connectivity index (χ2n) is 9.11. The van der Waals surface area contributed by atoms with Crippen LogP contribution in [0.1, 0.15) is 68.5 Å². The van der Waals surface area contributed by atoms with Crippen LogP contribution in [0.25, 0.3) is 0 Å². The maximum atomic E-state index is 2.28. The van der Waals surface area contributed by atoms with E-state index in [9.17, 15) is 0 Å². The molecule has 0 fully saturated rings. The molecule has 0 saturated heterocycles. The van der Waals surface area contributed by atoms with Gasteiger partial charge in [0.25, 0.3) is 0 Å². The lowest BCUT2D eigenvalue weighted by Crippen LogP contribution is -2.03. The van der Waals surface area contributed by atoms with Crippen LogP contribution in [0.5, 0.6) is 0 Å². The number of hydrogen-bond donors (Lipinski definition) is 0. The van der Waals surface area contributed by atoms with Gasteiger partial charge in [-0.15, -0.1) is 0 Å². The van der Waals surface area contributed by atoms with Gasteiger partial charge in [-0.25, -0.2) is 0 Å². The van der Waals surface area contributed by atoms with Gasteiger partial charge in [-0.2, -0.15) is 0 Å². The van der Waals surface area contributed by atoms with Crippen molar-refractivity contribution in [1.82, 2.24) is 0 Å². The highest BCUT2D eigenvalue weighted by Crippen LogP contribution is 2.23.